The number of aromatic nitrogens is 3. The second kappa shape index (κ2) is 11.5. The van der Waals surface area contributed by atoms with Gasteiger partial charge in [0.05, 0.1) is 33.4 Å². The number of pyridine rings is 1. The standard InChI is InChI=1S/C31H32Cl2FN7O/c1-8-25(42)39-14-18(5)40(15-17(39)4)29-22-13-23(32)27(21-11-9-10-12-24(21)34)37-30(22)41(20(7)36-29)28-19(6)35-31(33)38-26(28)16(2)3/h8-13,16-18H,1,7,14-15H2,2-6H3. The number of hydrogen-bond acceptors (Lipinski definition) is 7. The van der Waals surface area contributed by atoms with E-state index in [1.807, 2.05) is 34.6 Å². The highest BCUT2D eigenvalue weighted by atomic mass is 35.5. The summed E-state index contributed by atoms with van der Waals surface area (Å²) < 4.78 is 15.0. The summed E-state index contributed by atoms with van der Waals surface area (Å²) in [4.78, 5) is 37.2. The van der Waals surface area contributed by atoms with Crippen molar-refractivity contribution in [1.29, 1.82) is 0 Å². The first-order valence-electron chi connectivity index (χ1n) is 13.7. The van der Waals surface area contributed by atoms with Gasteiger partial charge in [-0.2, -0.15) is 0 Å². The van der Waals surface area contributed by atoms with Crippen LogP contribution < -0.4 is 4.90 Å². The second-order valence-electron chi connectivity index (χ2n) is 10.9. The van der Waals surface area contributed by atoms with Crippen LogP contribution in [0.1, 0.15) is 50.6 Å². The van der Waals surface area contributed by atoms with E-state index in [4.69, 9.17) is 33.2 Å². The van der Waals surface area contributed by atoms with Gasteiger partial charge in [0.25, 0.3) is 0 Å². The number of aliphatic imine (C=N–C) groups is 1. The summed E-state index contributed by atoms with van der Waals surface area (Å²) >= 11 is 13.1. The van der Waals surface area contributed by atoms with Crippen LogP contribution in [0.4, 0.5) is 15.9 Å². The maximum absolute atomic E-state index is 15.0. The number of halogens is 3. The molecule has 2 unspecified atom stereocenters. The van der Waals surface area contributed by atoms with E-state index in [0.29, 0.717) is 53.2 Å². The van der Waals surface area contributed by atoms with Crippen molar-refractivity contribution in [3.63, 3.8) is 0 Å². The molecule has 0 saturated carbocycles. The summed E-state index contributed by atoms with van der Waals surface area (Å²) in [6.07, 6.45) is 1.34. The van der Waals surface area contributed by atoms with Crippen molar-refractivity contribution < 1.29 is 9.18 Å². The molecule has 2 aromatic heterocycles. The molecule has 1 fully saturated rings. The molecule has 11 heteroatoms. The molecule has 0 radical (unpaired) electrons. The Labute approximate surface area is 255 Å². The zero-order chi connectivity index (χ0) is 30.5. The van der Waals surface area contributed by atoms with Crippen LogP contribution in [-0.4, -0.2) is 61.7 Å². The number of carbonyl (C=O) groups is 1. The Hall–Kier alpha value is -3.82. The monoisotopic (exact) mass is 607 g/mol. The first-order valence-corrected chi connectivity index (χ1v) is 14.5. The second-order valence-corrected chi connectivity index (χ2v) is 11.6. The molecular weight excluding hydrogens is 576 g/mol. The maximum atomic E-state index is 15.0. The zero-order valence-corrected chi connectivity index (χ0v) is 25.7. The normalized spacial score (nSPS) is 18.7. The van der Waals surface area contributed by atoms with E-state index >= 15 is 4.39 Å². The summed E-state index contributed by atoms with van der Waals surface area (Å²) in [6.45, 7) is 18.8. The summed E-state index contributed by atoms with van der Waals surface area (Å²) in [7, 11) is 0. The Balaban J connectivity index is 1.73. The van der Waals surface area contributed by atoms with Crippen molar-refractivity contribution in [2.45, 2.75) is 52.6 Å². The van der Waals surface area contributed by atoms with Gasteiger partial charge in [-0.25, -0.2) is 24.3 Å². The van der Waals surface area contributed by atoms with Crippen LogP contribution in [0.3, 0.4) is 0 Å². The van der Waals surface area contributed by atoms with Crippen molar-refractivity contribution in [2.24, 2.45) is 4.99 Å². The number of anilines is 2. The first kappa shape index (κ1) is 29.7. The minimum absolute atomic E-state index is 0.0180. The van der Waals surface area contributed by atoms with E-state index in [0.717, 1.165) is 0 Å². The fraction of sp³-hybridized carbons (Fsp3) is 0.323. The maximum Gasteiger partial charge on any atom is 0.246 e. The number of amidine groups is 1. The van der Waals surface area contributed by atoms with Gasteiger partial charge < -0.3 is 9.80 Å². The summed E-state index contributed by atoms with van der Waals surface area (Å²) in [5, 5.41) is 0.409. The molecule has 42 heavy (non-hydrogen) atoms. The number of carbonyl (C=O) groups excluding carboxylic acids is 1. The van der Waals surface area contributed by atoms with E-state index in [2.05, 4.69) is 28.0 Å². The molecular formula is C31H32Cl2FN7O. The fourth-order valence-electron chi connectivity index (χ4n) is 5.54. The highest BCUT2D eigenvalue weighted by Crippen LogP contribution is 2.44. The predicted octanol–water partition coefficient (Wildman–Crippen LogP) is 6.89. The van der Waals surface area contributed by atoms with Gasteiger partial charge in [-0.05, 0) is 62.6 Å². The van der Waals surface area contributed by atoms with E-state index in [-0.39, 0.29) is 45.5 Å². The minimum atomic E-state index is -0.443. The van der Waals surface area contributed by atoms with Crippen LogP contribution in [0.25, 0.3) is 11.3 Å². The number of piperazine rings is 1. The van der Waals surface area contributed by atoms with Crippen molar-refractivity contribution in [3.8, 4) is 11.3 Å². The molecule has 5 rings (SSSR count). The van der Waals surface area contributed by atoms with Crippen molar-refractivity contribution in [2.75, 3.05) is 18.0 Å². The van der Waals surface area contributed by atoms with Crippen LogP contribution in [0, 0.1) is 12.7 Å². The molecule has 8 nitrogen and oxygen atoms in total. The lowest BCUT2D eigenvalue weighted by molar-refractivity contribution is -0.130. The van der Waals surface area contributed by atoms with Gasteiger partial charge in [-0.3, -0.25) is 9.69 Å². The van der Waals surface area contributed by atoms with Crippen LogP contribution in [-0.2, 0) is 4.79 Å². The highest BCUT2D eigenvalue weighted by molar-refractivity contribution is 6.33. The number of nitrogens with zero attached hydrogens (tertiary/aromatic N) is 7. The Morgan fingerprint density at radius 2 is 1.81 bits per heavy atom. The number of fused-ring (bicyclic) bond motifs is 1. The number of hydrogen-bond donors (Lipinski definition) is 0. The van der Waals surface area contributed by atoms with Crippen LogP contribution in [0.5, 0.6) is 0 Å². The topological polar surface area (TPSA) is 77.8 Å². The third-order valence-electron chi connectivity index (χ3n) is 7.57. The highest BCUT2D eigenvalue weighted by Gasteiger charge is 2.38. The van der Waals surface area contributed by atoms with Gasteiger partial charge in [0, 0.05) is 30.7 Å². The molecule has 0 bridgehead atoms. The van der Waals surface area contributed by atoms with Crippen molar-refractivity contribution in [1.82, 2.24) is 24.8 Å². The Morgan fingerprint density at radius 3 is 2.48 bits per heavy atom. The predicted molar refractivity (Wildman–Crippen MR) is 166 cm³/mol. The molecule has 4 heterocycles. The molecule has 2 aliphatic rings. The summed E-state index contributed by atoms with van der Waals surface area (Å²) in [5.74, 6) is 0.885. The van der Waals surface area contributed by atoms with Crippen LogP contribution in [0.15, 0.2) is 60.4 Å². The average molecular weight is 609 g/mol. The van der Waals surface area contributed by atoms with E-state index < -0.39 is 5.82 Å². The lowest BCUT2D eigenvalue weighted by Gasteiger charge is -2.46. The molecule has 0 N–H and O–H groups in total. The number of rotatable bonds is 4. The average Bonchev–Trinajstić information content (AvgIpc) is 2.94. The number of aryl methyl sites for hydroxylation is 1. The van der Waals surface area contributed by atoms with Gasteiger partial charge in [-0.15, -0.1) is 0 Å². The lowest BCUT2D eigenvalue weighted by Crippen LogP contribution is -2.59. The molecule has 1 aromatic carbocycles. The third kappa shape index (κ3) is 5.16. The number of amides is 1. The van der Waals surface area contributed by atoms with E-state index in [1.165, 1.54) is 12.1 Å². The van der Waals surface area contributed by atoms with Gasteiger partial charge in [0.2, 0.25) is 11.2 Å². The van der Waals surface area contributed by atoms with E-state index in [9.17, 15) is 4.79 Å². The van der Waals surface area contributed by atoms with Gasteiger partial charge in [-0.1, -0.05) is 50.7 Å². The van der Waals surface area contributed by atoms with Gasteiger partial charge in [0.15, 0.2) is 5.82 Å². The Bertz CT molecular complexity index is 1640. The third-order valence-corrected chi connectivity index (χ3v) is 8.03. The van der Waals surface area contributed by atoms with Crippen molar-refractivity contribution in [3.05, 3.63) is 88.5 Å². The fourth-order valence-corrected chi connectivity index (χ4v) is 6.01. The molecule has 0 aliphatic carbocycles. The van der Waals surface area contributed by atoms with Gasteiger partial charge >= 0.3 is 0 Å². The van der Waals surface area contributed by atoms with Gasteiger partial charge in [0.1, 0.15) is 17.5 Å². The quantitative estimate of drug-likeness (QED) is 0.237. The van der Waals surface area contributed by atoms with Crippen molar-refractivity contribution >= 4 is 46.4 Å². The first-order chi connectivity index (χ1) is 19.9. The minimum Gasteiger partial charge on any atom is -0.349 e. The number of benzene rings is 1. The zero-order valence-electron chi connectivity index (χ0n) is 24.2. The largest absolute Gasteiger partial charge is 0.349 e. The molecule has 218 valence electrons. The van der Waals surface area contributed by atoms with Crippen LogP contribution in [0.2, 0.25) is 10.3 Å². The molecule has 0 spiro atoms. The van der Waals surface area contributed by atoms with E-state index in [1.54, 1.807) is 34.1 Å². The molecule has 1 amide bonds. The molecule has 2 atom stereocenters. The smallest absolute Gasteiger partial charge is 0.246 e. The SMILES string of the molecule is C=CC(=O)N1CC(C)N(C2=NC(=C)N(c3c(C)nc(Cl)nc3C(C)C)c3nc(-c4ccccc4F)c(Cl)cc32)CC1C. The summed E-state index contributed by atoms with van der Waals surface area (Å²) in [6, 6.07) is 7.94. The van der Waals surface area contributed by atoms with Crippen LogP contribution >= 0.6 is 23.2 Å². The lowest BCUT2D eigenvalue weighted by atomic mass is 10.0. The summed E-state index contributed by atoms with van der Waals surface area (Å²) in [5.41, 5.74) is 3.16. The molecule has 1 saturated heterocycles. The Kier molecular flexibility index (Phi) is 8.09. The Morgan fingerprint density at radius 1 is 1.10 bits per heavy atom. The molecule has 2 aliphatic heterocycles. The molecule has 3 aromatic rings.